The van der Waals surface area contributed by atoms with Crippen molar-refractivity contribution in [3.63, 3.8) is 0 Å². The Kier molecular flexibility index (Phi) is 3.91. The first-order valence-electron chi connectivity index (χ1n) is 4.84. The topological polar surface area (TPSA) is 43.4 Å². The second kappa shape index (κ2) is 4.98. The van der Waals surface area contributed by atoms with Crippen LogP contribution in [0.15, 0.2) is 18.3 Å². The fourth-order valence-corrected chi connectivity index (χ4v) is 1.39. The van der Waals surface area contributed by atoms with E-state index in [4.69, 9.17) is 9.47 Å². The van der Waals surface area contributed by atoms with Crippen molar-refractivity contribution in [2.45, 2.75) is 19.4 Å². The van der Waals surface area contributed by atoms with Crippen LogP contribution in [0.1, 0.15) is 13.8 Å². The van der Waals surface area contributed by atoms with E-state index in [0.29, 0.717) is 12.5 Å². The van der Waals surface area contributed by atoms with Crippen LogP contribution >= 0.6 is 0 Å². The molecule has 0 saturated heterocycles. The Morgan fingerprint density at radius 1 is 1.40 bits per heavy atom. The predicted molar refractivity (Wildman–Crippen MR) is 60.4 cm³/mol. The van der Waals surface area contributed by atoms with Crippen LogP contribution in [0.2, 0.25) is 0 Å². The number of nitrogens with zero attached hydrogens (tertiary/aromatic N) is 1. The average molecular weight is 210 g/mol. The summed E-state index contributed by atoms with van der Waals surface area (Å²) in [4.78, 5) is 4.04. The lowest BCUT2D eigenvalue weighted by Crippen LogP contribution is -2.35. The molecule has 0 amide bonds. The summed E-state index contributed by atoms with van der Waals surface area (Å²) in [5.74, 6) is 0.605. The molecule has 0 fully saturated rings. The maximum atomic E-state index is 5.13. The highest BCUT2D eigenvalue weighted by Gasteiger charge is 2.16. The molecule has 0 aliphatic carbocycles. The second-order valence-corrected chi connectivity index (χ2v) is 4.03. The van der Waals surface area contributed by atoms with E-state index < -0.39 is 0 Å². The number of ether oxygens (including phenoxy) is 2. The number of hydrogen-bond donors (Lipinski definition) is 1. The summed E-state index contributed by atoms with van der Waals surface area (Å²) in [5, 5.41) is 3.35. The molecule has 15 heavy (non-hydrogen) atoms. The van der Waals surface area contributed by atoms with Gasteiger partial charge in [-0.3, -0.25) is 0 Å². The normalized spacial score (nSPS) is 11.2. The molecule has 0 spiro atoms. The van der Waals surface area contributed by atoms with Gasteiger partial charge in [-0.2, -0.15) is 0 Å². The van der Waals surface area contributed by atoms with Gasteiger partial charge in [0, 0.05) is 25.1 Å². The van der Waals surface area contributed by atoms with Crippen LogP contribution in [-0.2, 0) is 4.74 Å². The lowest BCUT2D eigenvalue weighted by atomic mass is 10.1. The predicted octanol–water partition coefficient (Wildman–Crippen LogP) is 1.93. The Morgan fingerprint density at radius 2 is 2.13 bits per heavy atom. The summed E-state index contributed by atoms with van der Waals surface area (Å²) in [6.07, 6.45) is 1.71. The standard InChI is InChI=1S/C11H18N2O2/c1-11(2,8-14-3)13-9-5-6-12-10(7-9)15-4/h5-7H,8H2,1-4H3,(H,12,13). The van der Waals surface area contributed by atoms with E-state index >= 15 is 0 Å². The maximum absolute atomic E-state index is 5.13. The van der Waals surface area contributed by atoms with E-state index in [0.717, 1.165) is 5.69 Å². The molecule has 1 heterocycles. The third-order valence-corrected chi connectivity index (χ3v) is 1.93. The van der Waals surface area contributed by atoms with E-state index in [2.05, 4.69) is 24.1 Å². The number of aromatic nitrogens is 1. The number of hydrogen-bond acceptors (Lipinski definition) is 4. The van der Waals surface area contributed by atoms with Gasteiger partial charge in [0.25, 0.3) is 0 Å². The minimum absolute atomic E-state index is 0.110. The minimum Gasteiger partial charge on any atom is -0.481 e. The monoisotopic (exact) mass is 210 g/mol. The van der Waals surface area contributed by atoms with E-state index in [1.165, 1.54) is 0 Å². The van der Waals surface area contributed by atoms with Crippen LogP contribution in [0.25, 0.3) is 0 Å². The van der Waals surface area contributed by atoms with Gasteiger partial charge in [-0.05, 0) is 19.9 Å². The zero-order valence-electron chi connectivity index (χ0n) is 9.70. The number of pyridine rings is 1. The van der Waals surface area contributed by atoms with E-state index in [9.17, 15) is 0 Å². The molecule has 0 unspecified atom stereocenters. The Morgan fingerprint density at radius 3 is 2.73 bits per heavy atom. The van der Waals surface area contributed by atoms with E-state index in [1.54, 1.807) is 20.4 Å². The summed E-state index contributed by atoms with van der Waals surface area (Å²) in [6, 6.07) is 3.76. The zero-order valence-corrected chi connectivity index (χ0v) is 9.70. The molecular formula is C11H18N2O2. The van der Waals surface area contributed by atoms with Gasteiger partial charge < -0.3 is 14.8 Å². The summed E-state index contributed by atoms with van der Waals surface area (Å²) in [6.45, 7) is 4.78. The first-order chi connectivity index (χ1) is 7.07. The Hall–Kier alpha value is -1.29. The molecule has 84 valence electrons. The SMILES string of the molecule is COCC(C)(C)Nc1ccnc(OC)c1. The highest BCUT2D eigenvalue weighted by molar-refractivity contribution is 5.47. The van der Waals surface area contributed by atoms with Gasteiger partial charge in [-0.15, -0.1) is 0 Å². The molecule has 0 bridgehead atoms. The quantitative estimate of drug-likeness (QED) is 0.806. The van der Waals surface area contributed by atoms with Gasteiger partial charge in [0.2, 0.25) is 5.88 Å². The van der Waals surface area contributed by atoms with Gasteiger partial charge >= 0.3 is 0 Å². The van der Waals surface area contributed by atoms with Crippen molar-refractivity contribution in [2.75, 3.05) is 26.1 Å². The van der Waals surface area contributed by atoms with Crippen molar-refractivity contribution < 1.29 is 9.47 Å². The van der Waals surface area contributed by atoms with Crippen LogP contribution < -0.4 is 10.1 Å². The van der Waals surface area contributed by atoms with E-state index in [-0.39, 0.29) is 5.54 Å². The van der Waals surface area contributed by atoms with Gasteiger partial charge in [0.1, 0.15) is 0 Å². The van der Waals surface area contributed by atoms with Crippen LogP contribution in [0.3, 0.4) is 0 Å². The summed E-state index contributed by atoms with van der Waals surface area (Å²) < 4.78 is 10.2. The molecule has 0 saturated carbocycles. The fraction of sp³-hybridized carbons (Fsp3) is 0.545. The van der Waals surface area contributed by atoms with Crippen molar-refractivity contribution in [1.29, 1.82) is 0 Å². The molecule has 0 radical (unpaired) electrons. The van der Waals surface area contributed by atoms with Crippen molar-refractivity contribution in [2.24, 2.45) is 0 Å². The second-order valence-electron chi connectivity index (χ2n) is 4.03. The lowest BCUT2D eigenvalue weighted by molar-refractivity contribution is 0.158. The summed E-state index contributed by atoms with van der Waals surface area (Å²) in [7, 11) is 3.29. The largest absolute Gasteiger partial charge is 0.481 e. The van der Waals surface area contributed by atoms with Crippen LogP contribution in [0.5, 0.6) is 5.88 Å². The molecule has 0 aliphatic rings. The summed E-state index contributed by atoms with van der Waals surface area (Å²) in [5.41, 5.74) is 0.866. The zero-order chi connectivity index (χ0) is 11.3. The first kappa shape index (κ1) is 11.8. The Balaban J connectivity index is 2.71. The Bertz CT molecular complexity index is 313. The van der Waals surface area contributed by atoms with Crippen LogP contribution in [0.4, 0.5) is 5.69 Å². The van der Waals surface area contributed by atoms with Crippen LogP contribution in [0, 0.1) is 0 Å². The maximum Gasteiger partial charge on any atom is 0.214 e. The molecule has 4 heteroatoms. The first-order valence-corrected chi connectivity index (χ1v) is 4.84. The molecule has 1 N–H and O–H groups in total. The molecule has 0 aromatic carbocycles. The van der Waals surface area contributed by atoms with Gasteiger partial charge in [0.05, 0.1) is 19.3 Å². The molecule has 4 nitrogen and oxygen atoms in total. The van der Waals surface area contributed by atoms with Crippen LogP contribution in [-0.4, -0.2) is 31.3 Å². The van der Waals surface area contributed by atoms with Crippen molar-refractivity contribution in [1.82, 2.24) is 4.98 Å². The van der Waals surface area contributed by atoms with Crippen molar-refractivity contribution >= 4 is 5.69 Å². The molecule has 1 aromatic heterocycles. The smallest absolute Gasteiger partial charge is 0.214 e. The Labute approximate surface area is 90.6 Å². The highest BCUT2D eigenvalue weighted by Crippen LogP contribution is 2.18. The summed E-state index contributed by atoms with van der Waals surface area (Å²) >= 11 is 0. The number of nitrogens with one attached hydrogen (secondary N) is 1. The van der Waals surface area contributed by atoms with Crippen molar-refractivity contribution in [3.8, 4) is 5.88 Å². The van der Waals surface area contributed by atoms with Gasteiger partial charge in [0.15, 0.2) is 0 Å². The molecule has 1 aromatic rings. The lowest BCUT2D eigenvalue weighted by Gasteiger charge is -2.26. The average Bonchev–Trinajstić information content (AvgIpc) is 2.17. The molecule has 1 rings (SSSR count). The third-order valence-electron chi connectivity index (χ3n) is 1.93. The third kappa shape index (κ3) is 3.75. The fourth-order valence-electron chi connectivity index (χ4n) is 1.39. The molecule has 0 aliphatic heterocycles. The van der Waals surface area contributed by atoms with Gasteiger partial charge in [-0.1, -0.05) is 0 Å². The number of rotatable bonds is 5. The molecular weight excluding hydrogens is 192 g/mol. The van der Waals surface area contributed by atoms with Gasteiger partial charge in [-0.25, -0.2) is 4.98 Å². The minimum atomic E-state index is -0.110. The van der Waals surface area contributed by atoms with E-state index in [1.807, 2.05) is 12.1 Å². The molecule has 0 atom stereocenters. The number of methoxy groups -OCH3 is 2. The van der Waals surface area contributed by atoms with Crippen molar-refractivity contribution in [3.05, 3.63) is 18.3 Å². The number of anilines is 1. The highest BCUT2D eigenvalue weighted by atomic mass is 16.5.